The van der Waals surface area contributed by atoms with Crippen molar-refractivity contribution in [2.45, 2.75) is 20.3 Å². The lowest BCUT2D eigenvalue weighted by Crippen LogP contribution is -2.04. The lowest BCUT2D eigenvalue weighted by atomic mass is 10.2. The second-order valence-electron chi connectivity index (χ2n) is 3.22. The Bertz CT molecular complexity index is 334. The van der Waals surface area contributed by atoms with Gasteiger partial charge in [-0.05, 0) is 19.4 Å². The average Bonchev–Trinajstić information content (AvgIpc) is 2.20. The van der Waals surface area contributed by atoms with Crippen LogP contribution < -0.4 is 5.32 Å². The van der Waals surface area contributed by atoms with Crippen molar-refractivity contribution in [2.75, 3.05) is 11.9 Å². The molecule has 0 atom stereocenters. The predicted octanol–water partition coefficient (Wildman–Crippen LogP) is 3.42. The monoisotopic (exact) mass is 210 g/mol. The van der Waals surface area contributed by atoms with Crippen LogP contribution in [0.25, 0.3) is 0 Å². The van der Waals surface area contributed by atoms with Gasteiger partial charge in [-0.2, -0.15) is 0 Å². The van der Waals surface area contributed by atoms with E-state index in [9.17, 15) is 0 Å². The molecule has 0 aliphatic carbocycles. The van der Waals surface area contributed by atoms with Crippen LogP contribution in [0.2, 0.25) is 5.02 Å². The molecule has 3 heteroatoms. The summed E-state index contributed by atoms with van der Waals surface area (Å²) in [6.45, 7) is 8.66. The molecule has 1 aromatic heterocycles. The summed E-state index contributed by atoms with van der Waals surface area (Å²) in [5, 5.41) is 3.92. The largest absolute Gasteiger partial charge is 0.380 e. The summed E-state index contributed by atoms with van der Waals surface area (Å²) in [6.07, 6.45) is 2.73. The van der Waals surface area contributed by atoms with Gasteiger partial charge in [-0.1, -0.05) is 30.7 Å². The van der Waals surface area contributed by atoms with Crippen molar-refractivity contribution in [1.82, 2.24) is 4.98 Å². The highest BCUT2D eigenvalue weighted by molar-refractivity contribution is 6.33. The van der Waals surface area contributed by atoms with Crippen LogP contribution in [-0.2, 0) is 0 Å². The predicted molar refractivity (Wildman–Crippen MR) is 61.9 cm³/mol. The average molecular weight is 211 g/mol. The van der Waals surface area contributed by atoms with Gasteiger partial charge in [0, 0.05) is 12.7 Å². The van der Waals surface area contributed by atoms with E-state index in [1.165, 1.54) is 0 Å². The van der Waals surface area contributed by atoms with Crippen LogP contribution in [-0.4, -0.2) is 11.5 Å². The molecule has 14 heavy (non-hydrogen) atoms. The molecule has 0 saturated heterocycles. The summed E-state index contributed by atoms with van der Waals surface area (Å²) >= 11 is 6.07. The zero-order valence-corrected chi connectivity index (χ0v) is 9.36. The third-order valence-corrected chi connectivity index (χ3v) is 2.57. The van der Waals surface area contributed by atoms with Crippen molar-refractivity contribution >= 4 is 17.3 Å². The number of hydrogen-bond donors (Lipinski definition) is 1. The Morgan fingerprint density at radius 2 is 2.36 bits per heavy atom. The Kier molecular flexibility index (Phi) is 3.96. The van der Waals surface area contributed by atoms with E-state index in [0.29, 0.717) is 5.02 Å². The fourth-order valence-electron chi connectivity index (χ4n) is 1.03. The molecule has 0 radical (unpaired) electrons. The second kappa shape index (κ2) is 5.01. The number of rotatable bonds is 4. The first-order chi connectivity index (χ1) is 6.65. The fourth-order valence-corrected chi connectivity index (χ4v) is 1.21. The maximum absolute atomic E-state index is 6.07. The molecule has 0 bridgehead atoms. The Labute approximate surface area is 90.0 Å². The molecule has 0 fully saturated rings. The fraction of sp³-hybridized carbons (Fsp3) is 0.364. The van der Waals surface area contributed by atoms with Gasteiger partial charge in [-0.25, -0.2) is 0 Å². The van der Waals surface area contributed by atoms with E-state index in [-0.39, 0.29) is 0 Å². The van der Waals surface area contributed by atoms with Crippen LogP contribution in [0.4, 0.5) is 5.69 Å². The number of pyridine rings is 1. The van der Waals surface area contributed by atoms with E-state index in [0.717, 1.165) is 29.9 Å². The highest BCUT2D eigenvalue weighted by Crippen LogP contribution is 2.23. The Balaban J connectivity index is 2.68. The summed E-state index contributed by atoms with van der Waals surface area (Å²) in [4.78, 5) is 4.09. The van der Waals surface area contributed by atoms with Gasteiger partial charge >= 0.3 is 0 Å². The quantitative estimate of drug-likeness (QED) is 0.771. The van der Waals surface area contributed by atoms with E-state index in [2.05, 4.69) is 23.8 Å². The van der Waals surface area contributed by atoms with Gasteiger partial charge in [0.1, 0.15) is 0 Å². The van der Waals surface area contributed by atoms with E-state index in [4.69, 9.17) is 11.6 Å². The molecule has 0 aliphatic heterocycles. The number of hydrogen-bond acceptors (Lipinski definition) is 2. The maximum atomic E-state index is 6.07. The zero-order chi connectivity index (χ0) is 10.6. The van der Waals surface area contributed by atoms with Gasteiger partial charge in [0.25, 0.3) is 0 Å². The lowest BCUT2D eigenvalue weighted by Gasteiger charge is -2.09. The van der Waals surface area contributed by atoms with Gasteiger partial charge in [0.05, 0.1) is 16.4 Å². The first kappa shape index (κ1) is 11.1. The SMILES string of the molecule is C=C(CC)CNc1ccnc(C)c1Cl. The summed E-state index contributed by atoms with van der Waals surface area (Å²) in [5.74, 6) is 0. The number of nitrogens with zero attached hydrogens (tertiary/aromatic N) is 1. The van der Waals surface area contributed by atoms with E-state index in [1.54, 1.807) is 6.20 Å². The molecule has 76 valence electrons. The van der Waals surface area contributed by atoms with Gasteiger partial charge in [0.15, 0.2) is 0 Å². The van der Waals surface area contributed by atoms with Crippen molar-refractivity contribution < 1.29 is 0 Å². The van der Waals surface area contributed by atoms with E-state index >= 15 is 0 Å². The molecule has 0 spiro atoms. The minimum Gasteiger partial charge on any atom is -0.380 e. The second-order valence-corrected chi connectivity index (χ2v) is 3.59. The third-order valence-electron chi connectivity index (χ3n) is 2.09. The number of aromatic nitrogens is 1. The summed E-state index contributed by atoms with van der Waals surface area (Å²) in [7, 11) is 0. The van der Waals surface area contributed by atoms with Gasteiger partial charge < -0.3 is 5.32 Å². The van der Waals surface area contributed by atoms with Crippen LogP contribution in [0.1, 0.15) is 19.0 Å². The van der Waals surface area contributed by atoms with Gasteiger partial charge in [0.2, 0.25) is 0 Å². The normalized spacial score (nSPS) is 9.93. The van der Waals surface area contributed by atoms with E-state index < -0.39 is 0 Å². The van der Waals surface area contributed by atoms with Crippen molar-refractivity contribution in [1.29, 1.82) is 0 Å². The topological polar surface area (TPSA) is 24.9 Å². The first-order valence-corrected chi connectivity index (χ1v) is 5.04. The summed E-state index contributed by atoms with van der Waals surface area (Å²) in [5.41, 5.74) is 2.93. The molecule has 0 aliphatic rings. The van der Waals surface area contributed by atoms with Crippen LogP contribution in [0.5, 0.6) is 0 Å². The van der Waals surface area contributed by atoms with Crippen LogP contribution in [0.3, 0.4) is 0 Å². The molecular weight excluding hydrogens is 196 g/mol. The van der Waals surface area contributed by atoms with Gasteiger partial charge in [-0.3, -0.25) is 4.98 Å². The first-order valence-electron chi connectivity index (χ1n) is 4.66. The molecular formula is C11H15ClN2. The molecule has 1 aromatic rings. The van der Waals surface area contributed by atoms with Crippen molar-refractivity contribution in [3.05, 3.63) is 35.1 Å². The molecule has 1 N–H and O–H groups in total. The Morgan fingerprint density at radius 3 is 3.00 bits per heavy atom. The molecule has 0 amide bonds. The highest BCUT2D eigenvalue weighted by Gasteiger charge is 2.02. The minimum absolute atomic E-state index is 0.691. The number of nitrogens with one attached hydrogen (secondary N) is 1. The van der Waals surface area contributed by atoms with Gasteiger partial charge in [-0.15, -0.1) is 0 Å². The minimum atomic E-state index is 0.691. The number of anilines is 1. The zero-order valence-electron chi connectivity index (χ0n) is 8.60. The molecule has 2 nitrogen and oxygen atoms in total. The Hall–Kier alpha value is -1.02. The van der Waals surface area contributed by atoms with Crippen molar-refractivity contribution in [3.63, 3.8) is 0 Å². The number of aryl methyl sites for hydroxylation is 1. The van der Waals surface area contributed by atoms with Crippen LogP contribution in [0.15, 0.2) is 24.4 Å². The lowest BCUT2D eigenvalue weighted by molar-refractivity contribution is 1.05. The van der Waals surface area contributed by atoms with Crippen molar-refractivity contribution in [3.8, 4) is 0 Å². The van der Waals surface area contributed by atoms with Crippen LogP contribution in [0, 0.1) is 6.92 Å². The summed E-state index contributed by atoms with van der Waals surface area (Å²) in [6, 6.07) is 1.87. The van der Waals surface area contributed by atoms with Crippen LogP contribution >= 0.6 is 11.6 Å². The Morgan fingerprint density at radius 1 is 1.64 bits per heavy atom. The highest BCUT2D eigenvalue weighted by atomic mass is 35.5. The third kappa shape index (κ3) is 2.74. The number of halogens is 1. The summed E-state index contributed by atoms with van der Waals surface area (Å²) < 4.78 is 0. The maximum Gasteiger partial charge on any atom is 0.0849 e. The molecule has 1 rings (SSSR count). The van der Waals surface area contributed by atoms with E-state index in [1.807, 2.05) is 13.0 Å². The van der Waals surface area contributed by atoms with Crippen molar-refractivity contribution in [2.24, 2.45) is 0 Å². The smallest absolute Gasteiger partial charge is 0.0849 e. The standard InChI is InChI=1S/C11H15ClN2/c1-4-8(2)7-14-10-5-6-13-9(3)11(10)12/h5-6H,2,4,7H2,1,3H3,(H,13,14). The molecule has 1 heterocycles. The molecule has 0 saturated carbocycles. The molecule has 0 unspecified atom stereocenters. The molecule has 0 aromatic carbocycles.